The largest absolute Gasteiger partial charge is 0.437 e. The third-order valence-electron chi connectivity index (χ3n) is 2.59. The molecule has 0 atom stereocenters. The van der Waals surface area contributed by atoms with Gasteiger partial charge in [0.15, 0.2) is 9.84 Å². The molecule has 0 amide bonds. The van der Waals surface area contributed by atoms with E-state index in [-0.39, 0.29) is 10.6 Å². The van der Waals surface area contributed by atoms with Crippen molar-refractivity contribution in [2.45, 2.75) is 10.6 Å². The van der Waals surface area contributed by atoms with Gasteiger partial charge in [0, 0.05) is 11.8 Å². The summed E-state index contributed by atoms with van der Waals surface area (Å²) in [6, 6.07) is 10.0. The minimum atomic E-state index is -3.36. The number of hydrogen-bond acceptors (Lipinski definition) is 4. The van der Waals surface area contributed by atoms with Crippen LogP contribution in [0.15, 0.2) is 47.5 Å². The highest BCUT2D eigenvalue weighted by Crippen LogP contribution is 2.35. The van der Waals surface area contributed by atoms with E-state index in [9.17, 15) is 8.42 Å². The van der Waals surface area contributed by atoms with Crippen molar-refractivity contribution in [3.8, 4) is 11.6 Å². The van der Waals surface area contributed by atoms with Crippen molar-refractivity contribution in [3.63, 3.8) is 0 Å². The zero-order valence-corrected chi connectivity index (χ0v) is 9.65. The van der Waals surface area contributed by atoms with Crippen LogP contribution in [0, 0.1) is 0 Å². The Hall–Kier alpha value is -1.88. The maximum atomic E-state index is 12.1. The van der Waals surface area contributed by atoms with Gasteiger partial charge in [-0.3, -0.25) is 0 Å². The molecule has 0 saturated carbocycles. The van der Waals surface area contributed by atoms with E-state index in [1.165, 1.54) is 0 Å². The maximum absolute atomic E-state index is 12.1. The number of sulfone groups is 1. The number of pyridine rings is 1. The minimum absolute atomic E-state index is 0.0762. The second kappa shape index (κ2) is 3.56. The first kappa shape index (κ1) is 10.3. The van der Waals surface area contributed by atoms with Crippen LogP contribution < -0.4 is 4.74 Å². The lowest BCUT2D eigenvalue weighted by Gasteiger charge is -2.05. The molecule has 0 bridgehead atoms. The topological polar surface area (TPSA) is 56.3 Å². The van der Waals surface area contributed by atoms with Crippen LogP contribution in [0.4, 0.5) is 0 Å². The number of para-hydroxylation sites is 1. The third-order valence-corrected chi connectivity index (χ3v) is 4.28. The Labute approximate surface area is 98.8 Å². The van der Waals surface area contributed by atoms with Gasteiger partial charge < -0.3 is 4.74 Å². The quantitative estimate of drug-likeness (QED) is 0.715. The Morgan fingerprint density at radius 3 is 2.82 bits per heavy atom. The first-order valence-electron chi connectivity index (χ1n) is 5.10. The van der Waals surface area contributed by atoms with Crippen LogP contribution in [0.3, 0.4) is 0 Å². The molecule has 0 spiro atoms. The normalized spacial score (nSPS) is 16.2. The van der Waals surface area contributed by atoms with Gasteiger partial charge in [-0.1, -0.05) is 18.2 Å². The van der Waals surface area contributed by atoms with Crippen LogP contribution in [0.25, 0.3) is 0 Å². The van der Waals surface area contributed by atoms with Gasteiger partial charge in [-0.05, 0) is 18.2 Å². The Balaban J connectivity index is 2.28. The number of rotatable bonds is 0. The van der Waals surface area contributed by atoms with E-state index in [1.54, 1.807) is 42.6 Å². The summed E-state index contributed by atoms with van der Waals surface area (Å²) in [5.41, 5.74) is 0.587. The molecule has 0 saturated heterocycles. The first-order valence-corrected chi connectivity index (χ1v) is 6.75. The molecule has 86 valence electrons. The van der Waals surface area contributed by atoms with Crippen LogP contribution in [0.5, 0.6) is 11.6 Å². The van der Waals surface area contributed by atoms with E-state index >= 15 is 0 Å². The molecule has 5 heteroatoms. The predicted molar refractivity (Wildman–Crippen MR) is 61.6 cm³/mol. The number of ether oxygens (including phenoxy) is 1. The molecule has 0 radical (unpaired) electrons. The lowest BCUT2D eigenvalue weighted by Crippen LogP contribution is -2.03. The van der Waals surface area contributed by atoms with Gasteiger partial charge in [0.05, 0.1) is 5.75 Å². The Kier molecular flexibility index (Phi) is 2.16. The fourth-order valence-electron chi connectivity index (χ4n) is 1.80. The SMILES string of the molecule is O=S1(=O)Cc2cccnc2Oc2ccccc21. The molecular weight excluding hydrogens is 238 g/mol. The minimum Gasteiger partial charge on any atom is -0.437 e. The zero-order valence-electron chi connectivity index (χ0n) is 8.83. The van der Waals surface area contributed by atoms with E-state index in [2.05, 4.69) is 4.98 Å². The summed E-state index contributed by atoms with van der Waals surface area (Å²) in [5.74, 6) is 0.624. The molecule has 0 unspecified atom stereocenters. The van der Waals surface area contributed by atoms with Gasteiger partial charge in [-0.2, -0.15) is 0 Å². The molecule has 0 aliphatic carbocycles. The van der Waals surface area contributed by atoms with Crippen LogP contribution in [-0.4, -0.2) is 13.4 Å². The van der Waals surface area contributed by atoms with Crippen LogP contribution in [0.1, 0.15) is 5.56 Å². The smallest absolute Gasteiger partial charge is 0.223 e. The second-order valence-corrected chi connectivity index (χ2v) is 5.73. The van der Waals surface area contributed by atoms with Crippen LogP contribution >= 0.6 is 0 Å². The fraction of sp³-hybridized carbons (Fsp3) is 0.0833. The van der Waals surface area contributed by atoms with E-state index in [4.69, 9.17) is 4.74 Å². The van der Waals surface area contributed by atoms with Gasteiger partial charge in [0.2, 0.25) is 5.88 Å². The van der Waals surface area contributed by atoms with Crippen LogP contribution in [-0.2, 0) is 15.6 Å². The number of hydrogen-bond donors (Lipinski definition) is 0. The third kappa shape index (κ3) is 1.68. The molecule has 1 aromatic heterocycles. The monoisotopic (exact) mass is 247 g/mol. The number of aromatic nitrogens is 1. The van der Waals surface area contributed by atoms with E-state index < -0.39 is 9.84 Å². The van der Waals surface area contributed by atoms with Crippen LogP contribution in [0.2, 0.25) is 0 Å². The predicted octanol–water partition coefficient (Wildman–Crippen LogP) is 2.16. The molecule has 0 fully saturated rings. The van der Waals surface area contributed by atoms with Crippen molar-refractivity contribution in [2.24, 2.45) is 0 Å². The fourth-order valence-corrected chi connectivity index (χ4v) is 3.29. The highest BCUT2D eigenvalue weighted by molar-refractivity contribution is 7.90. The zero-order chi connectivity index (χ0) is 11.9. The summed E-state index contributed by atoms with van der Waals surface area (Å²) in [6.45, 7) is 0. The molecule has 2 heterocycles. The number of fused-ring (bicyclic) bond motifs is 2. The Morgan fingerprint density at radius 2 is 1.94 bits per heavy atom. The molecule has 1 aliphatic rings. The summed E-state index contributed by atoms with van der Waals surface area (Å²) < 4.78 is 29.8. The number of nitrogens with zero attached hydrogens (tertiary/aromatic N) is 1. The van der Waals surface area contributed by atoms with Crippen molar-refractivity contribution in [1.29, 1.82) is 0 Å². The van der Waals surface area contributed by atoms with E-state index in [0.717, 1.165) is 0 Å². The molecule has 2 aromatic rings. The average Bonchev–Trinajstić information content (AvgIpc) is 2.42. The van der Waals surface area contributed by atoms with E-state index in [1.807, 2.05) is 0 Å². The molecule has 1 aromatic carbocycles. The molecular formula is C12H9NO3S. The van der Waals surface area contributed by atoms with Crippen molar-refractivity contribution in [3.05, 3.63) is 48.2 Å². The van der Waals surface area contributed by atoms with Gasteiger partial charge >= 0.3 is 0 Å². The Morgan fingerprint density at radius 1 is 1.12 bits per heavy atom. The average molecular weight is 247 g/mol. The second-order valence-electron chi connectivity index (χ2n) is 3.78. The van der Waals surface area contributed by atoms with Gasteiger partial charge in [0.25, 0.3) is 0 Å². The highest BCUT2D eigenvalue weighted by atomic mass is 32.2. The molecule has 17 heavy (non-hydrogen) atoms. The summed E-state index contributed by atoms with van der Waals surface area (Å²) in [4.78, 5) is 4.28. The van der Waals surface area contributed by atoms with Crippen molar-refractivity contribution in [1.82, 2.24) is 4.98 Å². The first-order chi connectivity index (χ1) is 8.17. The lowest BCUT2D eigenvalue weighted by molar-refractivity contribution is 0.449. The molecule has 4 nitrogen and oxygen atoms in total. The molecule has 3 rings (SSSR count). The summed E-state index contributed by atoms with van der Waals surface area (Å²) in [7, 11) is -3.36. The van der Waals surface area contributed by atoms with Crippen molar-refractivity contribution < 1.29 is 13.2 Å². The van der Waals surface area contributed by atoms with Crippen molar-refractivity contribution >= 4 is 9.84 Å². The summed E-state index contributed by atoms with van der Waals surface area (Å²) in [5, 5.41) is 0. The standard InChI is InChI=1S/C12H9NO3S/c14-17(15)8-9-4-3-7-13-12(9)16-10-5-1-2-6-11(10)17/h1-7H,8H2. The van der Waals surface area contributed by atoms with Gasteiger partial charge in [0.1, 0.15) is 10.6 Å². The maximum Gasteiger partial charge on any atom is 0.223 e. The van der Waals surface area contributed by atoms with E-state index in [0.29, 0.717) is 17.2 Å². The molecule has 0 N–H and O–H groups in total. The lowest BCUT2D eigenvalue weighted by atomic mass is 10.3. The van der Waals surface area contributed by atoms with Gasteiger partial charge in [-0.15, -0.1) is 0 Å². The summed E-state index contributed by atoms with van der Waals surface area (Å²) in [6.07, 6.45) is 1.58. The van der Waals surface area contributed by atoms with Gasteiger partial charge in [-0.25, -0.2) is 13.4 Å². The highest BCUT2D eigenvalue weighted by Gasteiger charge is 2.26. The molecule has 1 aliphatic heterocycles. The Bertz CT molecular complexity index is 680. The summed E-state index contributed by atoms with van der Waals surface area (Å²) >= 11 is 0. The van der Waals surface area contributed by atoms with Crippen molar-refractivity contribution in [2.75, 3.05) is 0 Å². The number of benzene rings is 1.